The number of aliphatic hydroxyl groups excluding tert-OH is 1. The van der Waals surface area contributed by atoms with Crippen LogP contribution in [-0.2, 0) is 0 Å². The lowest BCUT2D eigenvalue weighted by molar-refractivity contribution is 0.124. The molecule has 0 aromatic rings. The fourth-order valence-electron chi connectivity index (χ4n) is 3.12. The molecule has 1 aliphatic carbocycles. The van der Waals surface area contributed by atoms with Crippen molar-refractivity contribution >= 4 is 15.9 Å². The molecular weight excluding hydrogens is 254 g/mol. The second-order valence-corrected chi connectivity index (χ2v) is 5.87. The Kier molecular flexibility index (Phi) is 4.47. The first-order chi connectivity index (χ1) is 7.31. The van der Waals surface area contributed by atoms with Crippen molar-refractivity contribution in [3.05, 3.63) is 0 Å². The van der Waals surface area contributed by atoms with Gasteiger partial charge in [-0.25, -0.2) is 0 Å². The van der Waals surface area contributed by atoms with Gasteiger partial charge in [-0.3, -0.25) is 0 Å². The zero-order chi connectivity index (χ0) is 10.7. The van der Waals surface area contributed by atoms with Gasteiger partial charge in [0.25, 0.3) is 0 Å². The molecule has 0 bridgehead atoms. The number of fused-ring (bicyclic) bond motifs is 1. The van der Waals surface area contributed by atoms with E-state index >= 15 is 0 Å². The van der Waals surface area contributed by atoms with Crippen LogP contribution in [0.1, 0.15) is 32.1 Å². The van der Waals surface area contributed by atoms with Crippen LogP contribution in [0.2, 0.25) is 0 Å². The third kappa shape index (κ3) is 2.95. The highest BCUT2D eigenvalue weighted by Gasteiger charge is 2.41. The molecule has 15 heavy (non-hydrogen) atoms. The van der Waals surface area contributed by atoms with E-state index in [-0.39, 0.29) is 6.10 Å². The van der Waals surface area contributed by atoms with E-state index in [1.165, 1.54) is 38.8 Å². The van der Waals surface area contributed by atoms with E-state index in [2.05, 4.69) is 20.8 Å². The van der Waals surface area contributed by atoms with Crippen LogP contribution in [0.5, 0.6) is 0 Å². The molecule has 0 amide bonds. The molecule has 1 heterocycles. The molecule has 0 aromatic carbocycles. The minimum Gasteiger partial charge on any atom is -0.393 e. The number of hydrogen-bond donors (Lipinski definition) is 1. The predicted octanol–water partition coefficient (Wildman–Crippen LogP) is 2.25. The molecule has 88 valence electrons. The smallest absolute Gasteiger partial charge is 0.0583 e. The summed E-state index contributed by atoms with van der Waals surface area (Å²) in [6, 6.07) is 0. The molecule has 3 heteroatoms. The maximum atomic E-state index is 9.79. The summed E-state index contributed by atoms with van der Waals surface area (Å²) < 4.78 is 0. The van der Waals surface area contributed by atoms with Gasteiger partial charge in [-0.1, -0.05) is 22.4 Å². The van der Waals surface area contributed by atoms with Crippen molar-refractivity contribution in [3.63, 3.8) is 0 Å². The topological polar surface area (TPSA) is 23.5 Å². The van der Waals surface area contributed by atoms with Gasteiger partial charge in [-0.2, -0.15) is 0 Å². The maximum Gasteiger partial charge on any atom is 0.0583 e. The monoisotopic (exact) mass is 275 g/mol. The molecule has 1 aliphatic heterocycles. The van der Waals surface area contributed by atoms with Crippen molar-refractivity contribution in [3.8, 4) is 0 Å². The Labute approximate surface area is 101 Å². The number of rotatable bonds is 5. The lowest BCUT2D eigenvalue weighted by atomic mass is 10.00. The average molecular weight is 276 g/mol. The van der Waals surface area contributed by atoms with Crippen LogP contribution in [0.4, 0.5) is 0 Å². The van der Waals surface area contributed by atoms with Crippen LogP contribution in [0.15, 0.2) is 0 Å². The molecule has 1 N–H and O–H groups in total. The fourth-order valence-corrected chi connectivity index (χ4v) is 3.51. The van der Waals surface area contributed by atoms with Crippen LogP contribution in [0, 0.1) is 11.8 Å². The molecular formula is C12H22BrNO. The normalized spacial score (nSPS) is 36.0. The summed E-state index contributed by atoms with van der Waals surface area (Å²) in [6.07, 6.45) is 6.25. The Bertz CT molecular complexity index is 200. The highest BCUT2D eigenvalue weighted by atomic mass is 79.9. The van der Waals surface area contributed by atoms with Crippen LogP contribution in [0.3, 0.4) is 0 Å². The highest BCUT2D eigenvalue weighted by molar-refractivity contribution is 9.09. The molecule has 3 atom stereocenters. The summed E-state index contributed by atoms with van der Waals surface area (Å²) in [5.41, 5.74) is 0. The number of nitrogens with zero attached hydrogens (tertiary/aromatic N) is 1. The van der Waals surface area contributed by atoms with Crippen molar-refractivity contribution in [2.45, 2.75) is 38.2 Å². The second kappa shape index (κ2) is 5.65. The van der Waals surface area contributed by atoms with Crippen LogP contribution in [-0.4, -0.2) is 41.1 Å². The molecule has 2 aliphatic rings. The Morgan fingerprint density at radius 2 is 2.00 bits per heavy atom. The zero-order valence-electron chi connectivity index (χ0n) is 9.37. The molecule has 3 unspecified atom stereocenters. The first kappa shape index (κ1) is 11.9. The molecule has 1 saturated carbocycles. The Morgan fingerprint density at radius 3 is 2.73 bits per heavy atom. The number of halogens is 1. The summed E-state index contributed by atoms with van der Waals surface area (Å²) in [4.78, 5) is 2.56. The third-order valence-electron chi connectivity index (χ3n) is 4.00. The second-order valence-electron chi connectivity index (χ2n) is 5.08. The number of likely N-dealkylation sites (tertiary alicyclic amines) is 1. The minimum absolute atomic E-state index is 0.00235. The van der Waals surface area contributed by atoms with Crippen molar-refractivity contribution < 1.29 is 5.11 Å². The lowest BCUT2D eigenvalue weighted by Gasteiger charge is -2.17. The molecule has 2 nitrogen and oxygen atoms in total. The van der Waals surface area contributed by atoms with E-state index < -0.39 is 0 Å². The number of aliphatic hydroxyl groups is 1. The quantitative estimate of drug-likeness (QED) is 0.615. The fraction of sp³-hybridized carbons (Fsp3) is 1.00. The van der Waals surface area contributed by atoms with E-state index in [1.54, 1.807) is 0 Å². The van der Waals surface area contributed by atoms with Crippen molar-refractivity contribution in [1.82, 2.24) is 4.90 Å². The van der Waals surface area contributed by atoms with Crippen LogP contribution < -0.4 is 0 Å². The molecule has 0 radical (unpaired) electrons. The first-order valence-corrected chi connectivity index (χ1v) is 7.40. The van der Waals surface area contributed by atoms with Gasteiger partial charge in [0.05, 0.1) is 6.10 Å². The zero-order valence-corrected chi connectivity index (χ0v) is 11.0. The molecule has 0 aromatic heterocycles. The summed E-state index contributed by atoms with van der Waals surface area (Å²) in [5, 5.41) is 10.9. The first-order valence-electron chi connectivity index (χ1n) is 6.27. The SMILES string of the molecule is OC1CCC2CN(CCCCCBr)CC12. The molecule has 2 fully saturated rings. The van der Waals surface area contributed by atoms with Crippen molar-refractivity contribution in [2.24, 2.45) is 11.8 Å². The standard InChI is InChI=1S/C12H22BrNO/c13-6-2-1-3-7-14-8-10-4-5-12(15)11(10)9-14/h10-12,15H,1-9H2. The van der Waals surface area contributed by atoms with Gasteiger partial charge in [-0.05, 0) is 38.1 Å². The van der Waals surface area contributed by atoms with E-state index in [1.807, 2.05) is 0 Å². The number of hydrogen-bond acceptors (Lipinski definition) is 2. The van der Waals surface area contributed by atoms with Gasteiger partial charge in [0, 0.05) is 24.3 Å². The van der Waals surface area contributed by atoms with Gasteiger partial charge in [0.2, 0.25) is 0 Å². The summed E-state index contributed by atoms with van der Waals surface area (Å²) >= 11 is 3.46. The number of unbranched alkanes of at least 4 members (excludes halogenated alkanes) is 2. The van der Waals surface area contributed by atoms with Gasteiger partial charge in [-0.15, -0.1) is 0 Å². The number of alkyl halides is 1. The Morgan fingerprint density at radius 1 is 1.13 bits per heavy atom. The molecule has 1 saturated heterocycles. The van der Waals surface area contributed by atoms with E-state index in [0.717, 1.165) is 24.2 Å². The van der Waals surface area contributed by atoms with Crippen LogP contribution >= 0.6 is 15.9 Å². The maximum absolute atomic E-state index is 9.79. The Balaban J connectivity index is 1.65. The van der Waals surface area contributed by atoms with Gasteiger partial charge >= 0.3 is 0 Å². The molecule has 2 rings (SSSR count). The van der Waals surface area contributed by atoms with E-state index in [4.69, 9.17) is 0 Å². The summed E-state index contributed by atoms with van der Waals surface area (Å²) in [5.74, 6) is 1.40. The van der Waals surface area contributed by atoms with E-state index in [9.17, 15) is 5.11 Å². The minimum atomic E-state index is 0.00235. The largest absolute Gasteiger partial charge is 0.393 e. The van der Waals surface area contributed by atoms with Gasteiger partial charge < -0.3 is 10.0 Å². The van der Waals surface area contributed by atoms with Crippen molar-refractivity contribution in [2.75, 3.05) is 25.0 Å². The third-order valence-corrected chi connectivity index (χ3v) is 4.56. The van der Waals surface area contributed by atoms with Gasteiger partial charge in [0.15, 0.2) is 0 Å². The summed E-state index contributed by atoms with van der Waals surface area (Å²) in [6.45, 7) is 3.64. The predicted molar refractivity (Wildman–Crippen MR) is 66.3 cm³/mol. The average Bonchev–Trinajstić information content (AvgIpc) is 2.76. The highest BCUT2D eigenvalue weighted by Crippen LogP contribution is 2.37. The van der Waals surface area contributed by atoms with Crippen LogP contribution in [0.25, 0.3) is 0 Å². The molecule has 0 spiro atoms. The van der Waals surface area contributed by atoms with E-state index in [0.29, 0.717) is 5.92 Å². The van der Waals surface area contributed by atoms with Crippen molar-refractivity contribution in [1.29, 1.82) is 0 Å². The Hall–Kier alpha value is 0.400. The lowest BCUT2D eigenvalue weighted by Crippen LogP contribution is -2.25. The van der Waals surface area contributed by atoms with Gasteiger partial charge in [0.1, 0.15) is 0 Å². The summed E-state index contributed by atoms with van der Waals surface area (Å²) in [7, 11) is 0.